The molecule has 0 radical (unpaired) electrons. The van der Waals surface area contributed by atoms with Crippen molar-refractivity contribution in [3.05, 3.63) is 24.3 Å². The summed E-state index contributed by atoms with van der Waals surface area (Å²) in [6, 6.07) is 7.82. The van der Waals surface area contributed by atoms with Crippen molar-refractivity contribution in [2.75, 3.05) is 19.0 Å². The summed E-state index contributed by atoms with van der Waals surface area (Å²) in [5, 5.41) is 12.7. The molecule has 1 saturated carbocycles. The Morgan fingerprint density at radius 1 is 1.47 bits per heavy atom. The molecule has 15 heavy (non-hydrogen) atoms. The van der Waals surface area contributed by atoms with Gasteiger partial charge in [-0.3, -0.25) is 0 Å². The number of methoxy groups -OCH3 is 1. The average Bonchev–Trinajstić information content (AvgIpc) is 2.24. The summed E-state index contributed by atoms with van der Waals surface area (Å²) in [6.07, 6.45) is 3.28. The van der Waals surface area contributed by atoms with Gasteiger partial charge in [0.15, 0.2) is 0 Å². The van der Waals surface area contributed by atoms with E-state index in [1.165, 1.54) is 6.42 Å². The zero-order valence-electron chi connectivity index (χ0n) is 8.99. The molecule has 2 N–H and O–H groups in total. The van der Waals surface area contributed by atoms with Gasteiger partial charge in [-0.05, 0) is 31.4 Å². The number of hydrogen-bond acceptors (Lipinski definition) is 3. The van der Waals surface area contributed by atoms with Crippen LogP contribution < -0.4 is 10.1 Å². The minimum absolute atomic E-state index is 0.0909. The molecule has 3 nitrogen and oxygen atoms in total. The van der Waals surface area contributed by atoms with Gasteiger partial charge < -0.3 is 15.2 Å². The van der Waals surface area contributed by atoms with Crippen LogP contribution >= 0.6 is 0 Å². The molecule has 0 bridgehead atoms. The van der Waals surface area contributed by atoms with Gasteiger partial charge in [-0.1, -0.05) is 6.07 Å². The molecular formula is C12H17NO2. The predicted molar refractivity (Wildman–Crippen MR) is 60.3 cm³/mol. The maximum atomic E-state index is 9.33. The smallest absolute Gasteiger partial charge is 0.120 e. The fourth-order valence-corrected chi connectivity index (χ4v) is 1.93. The lowest BCUT2D eigenvalue weighted by Crippen LogP contribution is -2.48. The Morgan fingerprint density at radius 2 is 2.27 bits per heavy atom. The minimum Gasteiger partial charge on any atom is -0.497 e. The summed E-state index contributed by atoms with van der Waals surface area (Å²) in [6.45, 7) is 0.199. The standard InChI is InChI=1S/C12H17NO2/c1-15-11-5-2-4-10(8-11)13-12(9-14)6-3-7-12/h2,4-5,8,13-14H,3,6-7,9H2,1H3. The monoisotopic (exact) mass is 207 g/mol. The lowest BCUT2D eigenvalue weighted by atomic mass is 9.77. The van der Waals surface area contributed by atoms with E-state index in [-0.39, 0.29) is 12.1 Å². The predicted octanol–water partition coefficient (Wildman–Crippen LogP) is 2.02. The highest BCUT2D eigenvalue weighted by Crippen LogP contribution is 2.35. The lowest BCUT2D eigenvalue weighted by molar-refractivity contribution is 0.144. The first-order chi connectivity index (χ1) is 7.28. The zero-order valence-corrected chi connectivity index (χ0v) is 8.99. The Kier molecular flexibility index (Phi) is 2.82. The highest BCUT2D eigenvalue weighted by Gasteiger charge is 2.36. The number of aliphatic hydroxyl groups excluding tert-OH is 1. The van der Waals surface area contributed by atoms with Gasteiger partial charge in [-0.15, -0.1) is 0 Å². The summed E-state index contributed by atoms with van der Waals surface area (Å²) in [5.74, 6) is 0.840. The molecule has 1 aliphatic rings. The molecule has 0 heterocycles. The molecule has 0 aromatic heterocycles. The van der Waals surface area contributed by atoms with Crippen LogP contribution in [0.3, 0.4) is 0 Å². The molecule has 0 atom stereocenters. The normalized spacial score (nSPS) is 18.0. The first-order valence-electron chi connectivity index (χ1n) is 5.31. The number of anilines is 1. The quantitative estimate of drug-likeness (QED) is 0.793. The molecule has 1 aromatic carbocycles. The molecule has 0 spiro atoms. The van der Waals surface area contributed by atoms with Gasteiger partial charge in [0.25, 0.3) is 0 Å². The van der Waals surface area contributed by atoms with Crippen molar-refractivity contribution in [3.8, 4) is 5.75 Å². The third-order valence-electron chi connectivity index (χ3n) is 3.09. The van der Waals surface area contributed by atoms with Gasteiger partial charge >= 0.3 is 0 Å². The third kappa shape index (κ3) is 2.07. The van der Waals surface area contributed by atoms with Gasteiger partial charge in [-0.25, -0.2) is 0 Å². The first-order valence-corrected chi connectivity index (χ1v) is 5.31. The second-order valence-corrected chi connectivity index (χ2v) is 4.15. The number of nitrogens with one attached hydrogen (secondary N) is 1. The topological polar surface area (TPSA) is 41.5 Å². The second-order valence-electron chi connectivity index (χ2n) is 4.15. The van der Waals surface area contributed by atoms with E-state index in [1.54, 1.807) is 7.11 Å². The van der Waals surface area contributed by atoms with Gasteiger partial charge in [0.1, 0.15) is 5.75 Å². The highest BCUT2D eigenvalue weighted by molar-refractivity contribution is 5.50. The van der Waals surface area contributed by atoms with Crippen LogP contribution in [-0.4, -0.2) is 24.4 Å². The molecule has 1 aliphatic carbocycles. The van der Waals surface area contributed by atoms with Crippen molar-refractivity contribution < 1.29 is 9.84 Å². The Hall–Kier alpha value is -1.22. The van der Waals surface area contributed by atoms with E-state index in [0.717, 1.165) is 24.3 Å². The van der Waals surface area contributed by atoms with Crippen molar-refractivity contribution in [1.29, 1.82) is 0 Å². The Morgan fingerprint density at radius 3 is 2.80 bits per heavy atom. The molecule has 3 heteroatoms. The van der Waals surface area contributed by atoms with Crippen molar-refractivity contribution in [1.82, 2.24) is 0 Å². The van der Waals surface area contributed by atoms with Gasteiger partial charge in [-0.2, -0.15) is 0 Å². The van der Waals surface area contributed by atoms with Gasteiger partial charge in [0.2, 0.25) is 0 Å². The van der Waals surface area contributed by atoms with E-state index in [0.29, 0.717) is 0 Å². The number of rotatable bonds is 4. The van der Waals surface area contributed by atoms with E-state index < -0.39 is 0 Å². The van der Waals surface area contributed by atoms with Crippen LogP contribution in [0, 0.1) is 0 Å². The number of aliphatic hydroxyl groups is 1. The van der Waals surface area contributed by atoms with Crippen LogP contribution in [0.5, 0.6) is 5.75 Å². The van der Waals surface area contributed by atoms with Crippen LogP contribution in [0.4, 0.5) is 5.69 Å². The molecular weight excluding hydrogens is 190 g/mol. The molecule has 2 rings (SSSR count). The summed E-state index contributed by atoms with van der Waals surface area (Å²) in [7, 11) is 1.66. The molecule has 82 valence electrons. The molecule has 0 saturated heterocycles. The third-order valence-corrected chi connectivity index (χ3v) is 3.09. The SMILES string of the molecule is COc1cccc(NC2(CO)CCC2)c1. The fourth-order valence-electron chi connectivity index (χ4n) is 1.93. The van der Waals surface area contributed by atoms with Crippen molar-refractivity contribution in [3.63, 3.8) is 0 Å². The van der Waals surface area contributed by atoms with Crippen molar-refractivity contribution in [2.24, 2.45) is 0 Å². The minimum atomic E-state index is -0.0909. The molecule has 1 aromatic rings. The zero-order chi connectivity index (χ0) is 10.7. The number of benzene rings is 1. The average molecular weight is 207 g/mol. The van der Waals surface area contributed by atoms with E-state index in [1.807, 2.05) is 24.3 Å². The van der Waals surface area contributed by atoms with Crippen LogP contribution in [0.2, 0.25) is 0 Å². The first kappa shape index (κ1) is 10.3. The largest absolute Gasteiger partial charge is 0.497 e. The summed E-state index contributed by atoms with van der Waals surface area (Å²) >= 11 is 0. The molecule has 0 unspecified atom stereocenters. The summed E-state index contributed by atoms with van der Waals surface area (Å²) in [4.78, 5) is 0. The fraction of sp³-hybridized carbons (Fsp3) is 0.500. The highest BCUT2D eigenvalue weighted by atomic mass is 16.5. The lowest BCUT2D eigenvalue weighted by Gasteiger charge is -2.41. The van der Waals surface area contributed by atoms with E-state index in [4.69, 9.17) is 4.74 Å². The molecule has 0 amide bonds. The van der Waals surface area contributed by atoms with E-state index in [2.05, 4.69) is 5.32 Å². The van der Waals surface area contributed by atoms with Crippen molar-refractivity contribution >= 4 is 5.69 Å². The summed E-state index contributed by atoms with van der Waals surface area (Å²) < 4.78 is 5.15. The van der Waals surface area contributed by atoms with Crippen LogP contribution in [0.1, 0.15) is 19.3 Å². The summed E-state index contributed by atoms with van der Waals surface area (Å²) in [5.41, 5.74) is 0.926. The number of hydrogen-bond donors (Lipinski definition) is 2. The van der Waals surface area contributed by atoms with Gasteiger partial charge in [0.05, 0.1) is 19.3 Å². The number of ether oxygens (including phenoxy) is 1. The van der Waals surface area contributed by atoms with E-state index >= 15 is 0 Å². The van der Waals surface area contributed by atoms with Crippen LogP contribution in [0.15, 0.2) is 24.3 Å². The van der Waals surface area contributed by atoms with Gasteiger partial charge in [0, 0.05) is 11.8 Å². The Bertz CT molecular complexity index is 329. The van der Waals surface area contributed by atoms with Crippen LogP contribution in [0.25, 0.3) is 0 Å². The second kappa shape index (κ2) is 4.11. The maximum Gasteiger partial charge on any atom is 0.120 e. The van der Waals surface area contributed by atoms with Crippen molar-refractivity contribution in [2.45, 2.75) is 24.8 Å². The maximum absolute atomic E-state index is 9.33. The Labute approximate surface area is 90.1 Å². The van der Waals surface area contributed by atoms with Crippen LogP contribution in [-0.2, 0) is 0 Å². The molecule has 0 aliphatic heterocycles. The Balaban J connectivity index is 2.09. The van der Waals surface area contributed by atoms with E-state index in [9.17, 15) is 5.11 Å². The molecule has 1 fully saturated rings.